The molecule has 2 aliphatic rings. The average Bonchev–Trinajstić information content (AvgIpc) is 3.55. The molecule has 3 aromatic carbocycles. The van der Waals surface area contributed by atoms with Crippen molar-refractivity contribution < 1.29 is 14.0 Å². The fourth-order valence-corrected chi connectivity index (χ4v) is 4.77. The summed E-state index contributed by atoms with van der Waals surface area (Å²) in [6.45, 7) is 4.30. The van der Waals surface area contributed by atoms with E-state index in [1.165, 1.54) is 5.56 Å². The third-order valence-corrected chi connectivity index (χ3v) is 6.50. The number of anilines is 1. The van der Waals surface area contributed by atoms with Gasteiger partial charge < -0.3 is 19.3 Å². The van der Waals surface area contributed by atoms with Crippen molar-refractivity contribution in [1.29, 1.82) is 0 Å². The molecule has 8 heteroatoms. The number of hydrogen-bond acceptors (Lipinski definition) is 6. The van der Waals surface area contributed by atoms with Crippen LogP contribution in [0.15, 0.2) is 83.0 Å². The zero-order valence-corrected chi connectivity index (χ0v) is 20.0. The van der Waals surface area contributed by atoms with Gasteiger partial charge in [-0.15, -0.1) is 0 Å². The number of benzene rings is 3. The van der Waals surface area contributed by atoms with Crippen LogP contribution in [-0.4, -0.2) is 22.0 Å². The van der Waals surface area contributed by atoms with Gasteiger partial charge in [0, 0.05) is 16.9 Å². The third kappa shape index (κ3) is 3.81. The van der Waals surface area contributed by atoms with Gasteiger partial charge in [-0.05, 0) is 62.0 Å². The number of rotatable bonds is 4. The molecule has 0 fully saturated rings. The minimum atomic E-state index is -0.240. The summed E-state index contributed by atoms with van der Waals surface area (Å²) < 4.78 is 16.8. The normalized spacial score (nSPS) is 17.0. The standard InChI is InChI=1S/C27H22N4O3S/c1-16-8-11-20(12-9-16)31-17(2)23(24(28-27(31)35)18-6-4-3-5-7-18)26-29-25(30-34-26)19-10-13-21-22(14-19)33-15-32-21/h3-14,24H,15H2,1-2H3,(H,28,35). The van der Waals surface area contributed by atoms with Crippen LogP contribution in [0.25, 0.3) is 17.0 Å². The summed E-state index contributed by atoms with van der Waals surface area (Å²) in [7, 11) is 0. The fourth-order valence-electron chi connectivity index (χ4n) is 4.41. The average molecular weight is 483 g/mol. The smallest absolute Gasteiger partial charge is 0.258 e. The van der Waals surface area contributed by atoms with Gasteiger partial charge in [0.25, 0.3) is 5.89 Å². The van der Waals surface area contributed by atoms with E-state index in [1.807, 2.05) is 48.2 Å². The highest BCUT2D eigenvalue weighted by atomic mass is 32.1. The van der Waals surface area contributed by atoms with Crippen molar-refractivity contribution in [3.05, 3.63) is 95.5 Å². The summed E-state index contributed by atoms with van der Waals surface area (Å²) in [5, 5.41) is 8.39. The lowest BCUT2D eigenvalue weighted by Gasteiger charge is -2.37. The molecule has 2 aliphatic heterocycles. The molecule has 0 saturated heterocycles. The van der Waals surface area contributed by atoms with Crippen LogP contribution in [0.2, 0.25) is 0 Å². The van der Waals surface area contributed by atoms with Crippen molar-refractivity contribution in [2.75, 3.05) is 11.7 Å². The largest absolute Gasteiger partial charge is 0.454 e. The second-order valence-corrected chi connectivity index (χ2v) is 8.84. The molecule has 35 heavy (non-hydrogen) atoms. The summed E-state index contributed by atoms with van der Waals surface area (Å²) in [5.74, 6) is 2.28. The molecule has 1 atom stereocenters. The quantitative estimate of drug-likeness (QED) is 0.375. The van der Waals surface area contributed by atoms with Crippen molar-refractivity contribution in [1.82, 2.24) is 15.5 Å². The maximum Gasteiger partial charge on any atom is 0.258 e. The van der Waals surface area contributed by atoms with Gasteiger partial charge in [0.2, 0.25) is 12.6 Å². The minimum Gasteiger partial charge on any atom is -0.454 e. The van der Waals surface area contributed by atoms with Gasteiger partial charge in [0.05, 0.1) is 11.6 Å². The number of aryl methyl sites for hydroxylation is 1. The molecule has 0 radical (unpaired) electrons. The van der Waals surface area contributed by atoms with E-state index in [4.69, 9.17) is 31.2 Å². The molecule has 0 aliphatic carbocycles. The lowest BCUT2D eigenvalue weighted by atomic mass is 9.94. The Kier molecular flexibility index (Phi) is 5.22. The molecule has 1 unspecified atom stereocenters. The molecular weight excluding hydrogens is 460 g/mol. The summed E-state index contributed by atoms with van der Waals surface area (Å²) in [6, 6.07) is 23.7. The molecule has 0 spiro atoms. The van der Waals surface area contributed by atoms with E-state index in [9.17, 15) is 0 Å². The fraction of sp³-hybridized carbons (Fsp3) is 0.148. The van der Waals surface area contributed by atoms with Crippen LogP contribution < -0.4 is 19.7 Å². The first-order valence-electron chi connectivity index (χ1n) is 11.3. The number of aromatic nitrogens is 2. The first-order valence-corrected chi connectivity index (χ1v) is 11.7. The summed E-state index contributed by atoms with van der Waals surface area (Å²) in [6.07, 6.45) is 0. The first kappa shape index (κ1) is 21.4. The Morgan fingerprint density at radius 2 is 1.71 bits per heavy atom. The van der Waals surface area contributed by atoms with Gasteiger partial charge in [0.15, 0.2) is 16.6 Å². The summed E-state index contributed by atoms with van der Waals surface area (Å²) in [4.78, 5) is 6.79. The van der Waals surface area contributed by atoms with Gasteiger partial charge >= 0.3 is 0 Å². The predicted molar refractivity (Wildman–Crippen MR) is 137 cm³/mol. The van der Waals surface area contributed by atoms with Gasteiger partial charge in [-0.2, -0.15) is 4.98 Å². The molecule has 1 N–H and O–H groups in total. The Morgan fingerprint density at radius 1 is 0.943 bits per heavy atom. The van der Waals surface area contributed by atoms with E-state index in [0.29, 0.717) is 28.3 Å². The maximum atomic E-state index is 5.84. The number of fused-ring (bicyclic) bond motifs is 1. The highest BCUT2D eigenvalue weighted by Crippen LogP contribution is 2.40. The number of thiocarbonyl (C=S) groups is 1. The number of hydrogen-bond donors (Lipinski definition) is 1. The van der Waals surface area contributed by atoms with Crippen LogP contribution in [0.5, 0.6) is 11.5 Å². The lowest BCUT2D eigenvalue weighted by molar-refractivity contribution is 0.174. The van der Waals surface area contributed by atoms with Crippen molar-refractivity contribution in [3.8, 4) is 22.9 Å². The molecule has 4 aromatic rings. The maximum absolute atomic E-state index is 5.84. The van der Waals surface area contributed by atoms with Crippen LogP contribution in [0.3, 0.4) is 0 Å². The number of nitrogens with one attached hydrogen (secondary N) is 1. The SMILES string of the molecule is CC1=C(c2nc(-c3ccc4c(c3)OCO4)no2)C(c2ccccc2)NC(=S)N1c1ccc(C)cc1. The molecule has 6 rings (SSSR count). The Labute approximate surface area is 208 Å². The van der Waals surface area contributed by atoms with Crippen LogP contribution in [-0.2, 0) is 0 Å². The van der Waals surface area contributed by atoms with Crippen molar-refractivity contribution in [2.24, 2.45) is 0 Å². The second-order valence-electron chi connectivity index (χ2n) is 8.45. The third-order valence-electron chi connectivity index (χ3n) is 6.20. The number of ether oxygens (including phenoxy) is 2. The topological polar surface area (TPSA) is 72.6 Å². The van der Waals surface area contributed by atoms with E-state index in [0.717, 1.165) is 28.1 Å². The van der Waals surface area contributed by atoms with Crippen LogP contribution >= 0.6 is 12.2 Å². The Hall–Kier alpha value is -4.17. The zero-order valence-electron chi connectivity index (χ0n) is 19.2. The van der Waals surface area contributed by atoms with Crippen LogP contribution in [0.4, 0.5) is 5.69 Å². The van der Waals surface area contributed by atoms with Gasteiger partial charge in [-0.25, -0.2) is 0 Å². The Morgan fingerprint density at radius 3 is 2.51 bits per heavy atom. The molecule has 0 bridgehead atoms. The number of nitrogens with zero attached hydrogens (tertiary/aromatic N) is 3. The second kappa shape index (κ2) is 8.56. The Balaban J connectivity index is 1.46. The molecule has 3 heterocycles. The zero-order chi connectivity index (χ0) is 23.9. The van der Waals surface area contributed by atoms with Gasteiger partial charge in [-0.1, -0.05) is 53.2 Å². The van der Waals surface area contributed by atoms with Crippen molar-refractivity contribution in [3.63, 3.8) is 0 Å². The minimum absolute atomic E-state index is 0.210. The first-order chi connectivity index (χ1) is 17.1. The number of allylic oxidation sites excluding steroid dienone is 1. The Bertz CT molecular complexity index is 1450. The van der Waals surface area contributed by atoms with Crippen LogP contribution in [0.1, 0.15) is 30.0 Å². The monoisotopic (exact) mass is 482 g/mol. The van der Waals surface area contributed by atoms with Gasteiger partial charge in [0.1, 0.15) is 0 Å². The van der Waals surface area contributed by atoms with E-state index in [-0.39, 0.29) is 12.8 Å². The summed E-state index contributed by atoms with van der Waals surface area (Å²) >= 11 is 5.81. The van der Waals surface area contributed by atoms with Crippen molar-refractivity contribution in [2.45, 2.75) is 19.9 Å². The summed E-state index contributed by atoms with van der Waals surface area (Å²) in [5.41, 5.74) is 5.77. The molecule has 0 saturated carbocycles. The molecule has 174 valence electrons. The van der Waals surface area contributed by atoms with E-state index in [1.54, 1.807) is 0 Å². The molecule has 1 aromatic heterocycles. The highest BCUT2D eigenvalue weighted by Gasteiger charge is 2.34. The lowest BCUT2D eigenvalue weighted by Crippen LogP contribution is -2.46. The van der Waals surface area contributed by atoms with E-state index < -0.39 is 0 Å². The highest BCUT2D eigenvalue weighted by molar-refractivity contribution is 7.80. The molecular formula is C27H22N4O3S. The van der Waals surface area contributed by atoms with Crippen molar-refractivity contribution >= 4 is 28.6 Å². The van der Waals surface area contributed by atoms with Gasteiger partial charge in [-0.3, -0.25) is 4.90 Å². The van der Waals surface area contributed by atoms with Crippen LogP contribution in [0, 0.1) is 6.92 Å². The predicted octanol–water partition coefficient (Wildman–Crippen LogP) is 5.64. The molecule has 7 nitrogen and oxygen atoms in total. The molecule has 0 amide bonds. The van der Waals surface area contributed by atoms with E-state index >= 15 is 0 Å². The van der Waals surface area contributed by atoms with E-state index in [2.05, 4.69) is 53.8 Å².